The molecule has 0 aliphatic heterocycles. The number of halogens is 2. The number of ether oxygens (including phenoxy) is 1. The topological polar surface area (TPSA) is 75.7 Å². The molecule has 3 aromatic rings. The molecule has 3 rings (SSSR count). The molecule has 8 heteroatoms. The Kier molecular flexibility index (Phi) is 4.05. The van der Waals surface area contributed by atoms with Gasteiger partial charge in [-0.15, -0.1) is 0 Å². The fourth-order valence-corrected chi connectivity index (χ4v) is 2.12. The monoisotopic (exact) mass is 319 g/mol. The van der Waals surface area contributed by atoms with Crippen LogP contribution in [0.3, 0.4) is 0 Å². The lowest BCUT2D eigenvalue weighted by atomic mass is 10.3. The Morgan fingerprint density at radius 2 is 2.09 bits per heavy atom. The lowest BCUT2D eigenvalue weighted by molar-refractivity contribution is 0.410. The fraction of sp³-hybridized carbons (Fsp3) is 0.267. The van der Waals surface area contributed by atoms with Crippen molar-refractivity contribution in [2.24, 2.45) is 0 Å². The second-order valence-electron chi connectivity index (χ2n) is 5.01. The van der Waals surface area contributed by atoms with Crippen molar-refractivity contribution in [2.75, 3.05) is 11.9 Å². The summed E-state index contributed by atoms with van der Waals surface area (Å²) in [6.45, 7) is 4.59. The molecule has 0 bridgehead atoms. The number of aryl methyl sites for hydroxylation is 1. The van der Waals surface area contributed by atoms with E-state index in [1.54, 1.807) is 0 Å². The minimum Gasteiger partial charge on any atom is -0.421 e. The van der Waals surface area contributed by atoms with E-state index in [1.807, 2.05) is 13.8 Å². The average Bonchev–Trinajstić information content (AvgIpc) is 2.89. The second kappa shape index (κ2) is 6.15. The van der Waals surface area contributed by atoms with Crippen molar-refractivity contribution in [1.82, 2.24) is 20.2 Å². The molecule has 0 saturated heterocycles. The van der Waals surface area contributed by atoms with Gasteiger partial charge in [0.25, 0.3) is 0 Å². The molecule has 120 valence electrons. The van der Waals surface area contributed by atoms with Gasteiger partial charge < -0.3 is 10.1 Å². The molecule has 0 amide bonds. The van der Waals surface area contributed by atoms with E-state index in [1.165, 1.54) is 6.07 Å². The number of rotatable bonds is 5. The van der Waals surface area contributed by atoms with Crippen molar-refractivity contribution in [2.45, 2.75) is 20.3 Å². The fourth-order valence-electron chi connectivity index (χ4n) is 2.12. The van der Waals surface area contributed by atoms with Crippen molar-refractivity contribution in [1.29, 1.82) is 0 Å². The molecule has 2 aromatic heterocycles. The highest BCUT2D eigenvalue weighted by atomic mass is 19.1. The van der Waals surface area contributed by atoms with Crippen LogP contribution in [0.5, 0.6) is 11.8 Å². The van der Waals surface area contributed by atoms with Crippen molar-refractivity contribution in [3.63, 3.8) is 0 Å². The van der Waals surface area contributed by atoms with Crippen LogP contribution in [0.1, 0.15) is 19.0 Å². The standard InChI is InChI=1S/C15H15F2N5O/c1-3-6-18-13-12-8(2)21-22-14(12)20-15(19-13)23-11-5-4-9(16)7-10(11)17/h4-5,7H,3,6H2,1-2H3,(H2,18,19,20,21,22). The van der Waals surface area contributed by atoms with Crippen molar-refractivity contribution < 1.29 is 13.5 Å². The molecule has 2 heterocycles. The third-order valence-corrected chi connectivity index (χ3v) is 3.21. The third kappa shape index (κ3) is 3.05. The molecule has 6 nitrogen and oxygen atoms in total. The number of nitrogens with zero attached hydrogens (tertiary/aromatic N) is 3. The molecule has 0 spiro atoms. The number of hydrogen-bond donors (Lipinski definition) is 2. The molecule has 0 atom stereocenters. The van der Waals surface area contributed by atoms with Crippen molar-refractivity contribution in [3.05, 3.63) is 35.5 Å². The number of nitrogens with one attached hydrogen (secondary N) is 2. The lowest BCUT2D eigenvalue weighted by Gasteiger charge is -2.09. The summed E-state index contributed by atoms with van der Waals surface area (Å²) in [5, 5.41) is 10.8. The van der Waals surface area contributed by atoms with Crippen molar-refractivity contribution >= 4 is 16.9 Å². The molecule has 23 heavy (non-hydrogen) atoms. The lowest BCUT2D eigenvalue weighted by Crippen LogP contribution is -2.05. The highest BCUT2D eigenvalue weighted by molar-refractivity contribution is 5.89. The highest BCUT2D eigenvalue weighted by Crippen LogP contribution is 2.28. The largest absolute Gasteiger partial charge is 0.421 e. The van der Waals surface area contributed by atoms with Gasteiger partial charge in [-0.2, -0.15) is 15.1 Å². The first-order valence-corrected chi connectivity index (χ1v) is 7.18. The predicted molar refractivity (Wildman–Crippen MR) is 81.6 cm³/mol. The van der Waals surface area contributed by atoms with Gasteiger partial charge in [0.2, 0.25) is 0 Å². The predicted octanol–water partition coefficient (Wildman–Crippen LogP) is 3.55. The van der Waals surface area contributed by atoms with Gasteiger partial charge in [-0.3, -0.25) is 5.10 Å². The number of H-pyrrole nitrogens is 1. The Labute approximate surface area is 130 Å². The Morgan fingerprint density at radius 3 is 2.83 bits per heavy atom. The van der Waals surface area contributed by atoms with Crippen LogP contribution in [0.2, 0.25) is 0 Å². The molecule has 2 N–H and O–H groups in total. The maximum absolute atomic E-state index is 13.7. The van der Waals surface area contributed by atoms with Gasteiger partial charge in [-0.05, 0) is 25.5 Å². The summed E-state index contributed by atoms with van der Waals surface area (Å²) < 4.78 is 32.0. The first-order valence-electron chi connectivity index (χ1n) is 7.18. The summed E-state index contributed by atoms with van der Waals surface area (Å²) in [5.74, 6) is -1.10. The Balaban J connectivity index is 2.00. The third-order valence-electron chi connectivity index (χ3n) is 3.21. The van der Waals surface area contributed by atoms with Gasteiger partial charge in [0.15, 0.2) is 17.2 Å². The van der Waals surface area contributed by atoms with E-state index in [0.29, 0.717) is 18.0 Å². The molecular weight excluding hydrogens is 304 g/mol. The van der Waals surface area contributed by atoms with Crippen molar-refractivity contribution in [3.8, 4) is 11.8 Å². The average molecular weight is 319 g/mol. The minimum absolute atomic E-state index is 0.0619. The summed E-state index contributed by atoms with van der Waals surface area (Å²) in [4.78, 5) is 8.41. The maximum atomic E-state index is 13.7. The van der Waals surface area contributed by atoms with Gasteiger partial charge in [0.05, 0.1) is 5.39 Å². The summed E-state index contributed by atoms with van der Waals surface area (Å²) in [7, 11) is 0. The van der Waals surface area contributed by atoms with Crippen LogP contribution in [0.25, 0.3) is 11.0 Å². The van der Waals surface area contributed by atoms with Crippen LogP contribution < -0.4 is 10.1 Å². The van der Waals surface area contributed by atoms with E-state index in [9.17, 15) is 8.78 Å². The molecule has 0 saturated carbocycles. The van der Waals surface area contributed by atoms with Gasteiger partial charge >= 0.3 is 6.01 Å². The van der Waals surface area contributed by atoms with E-state index in [4.69, 9.17) is 4.74 Å². The van der Waals surface area contributed by atoms with Crippen LogP contribution in [-0.4, -0.2) is 26.7 Å². The molecule has 0 unspecified atom stereocenters. The van der Waals surface area contributed by atoms with E-state index < -0.39 is 11.6 Å². The van der Waals surface area contributed by atoms with Gasteiger partial charge in [-0.1, -0.05) is 6.92 Å². The first-order chi connectivity index (χ1) is 11.1. The minimum atomic E-state index is -0.824. The van der Waals surface area contributed by atoms with Gasteiger partial charge in [0, 0.05) is 18.3 Å². The maximum Gasteiger partial charge on any atom is 0.326 e. The summed E-state index contributed by atoms with van der Waals surface area (Å²) in [5.41, 5.74) is 1.23. The number of benzene rings is 1. The normalized spacial score (nSPS) is 11.0. The zero-order valence-corrected chi connectivity index (χ0v) is 12.7. The second-order valence-corrected chi connectivity index (χ2v) is 5.01. The Hall–Kier alpha value is -2.77. The number of aromatic amines is 1. The summed E-state index contributed by atoms with van der Waals surface area (Å²) in [6.07, 6.45) is 0.908. The van der Waals surface area contributed by atoms with E-state index in [-0.39, 0.29) is 11.8 Å². The molecule has 1 aromatic carbocycles. The zero-order valence-electron chi connectivity index (χ0n) is 12.7. The van der Waals surface area contributed by atoms with Crippen LogP contribution >= 0.6 is 0 Å². The zero-order chi connectivity index (χ0) is 16.4. The molecule has 0 fully saturated rings. The first kappa shape index (κ1) is 15.1. The highest BCUT2D eigenvalue weighted by Gasteiger charge is 2.15. The quantitative estimate of drug-likeness (QED) is 0.752. The van der Waals surface area contributed by atoms with Crippen LogP contribution in [-0.2, 0) is 0 Å². The summed E-state index contributed by atoms with van der Waals surface area (Å²) in [6, 6.07) is 2.97. The summed E-state index contributed by atoms with van der Waals surface area (Å²) >= 11 is 0. The smallest absolute Gasteiger partial charge is 0.326 e. The van der Waals surface area contributed by atoms with Crippen LogP contribution in [0.15, 0.2) is 18.2 Å². The Morgan fingerprint density at radius 1 is 1.26 bits per heavy atom. The van der Waals surface area contributed by atoms with E-state index in [2.05, 4.69) is 25.5 Å². The number of aromatic nitrogens is 4. The number of hydrogen-bond acceptors (Lipinski definition) is 5. The number of anilines is 1. The molecule has 0 radical (unpaired) electrons. The molecular formula is C15H15F2N5O. The van der Waals surface area contributed by atoms with E-state index >= 15 is 0 Å². The van der Waals surface area contributed by atoms with E-state index in [0.717, 1.165) is 29.6 Å². The number of fused-ring (bicyclic) bond motifs is 1. The van der Waals surface area contributed by atoms with Gasteiger partial charge in [-0.25, -0.2) is 8.78 Å². The molecule has 0 aliphatic carbocycles. The van der Waals surface area contributed by atoms with Crippen LogP contribution in [0, 0.1) is 18.6 Å². The van der Waals surface area contributed by atoms with Gasteiger partial charge in [0.1, 0.15) is 11.6 Å². The SMILES string of the molecule is CCCNc1nc(Oc2ccc(F)cc2F)nc2n[nH]c(C)c12. The Bertz CT molecular complexity index is 849. The molecule has 0 aliphatic rings. The van der Waals surface area contributed by atoms with Crippen LogP contribution in [0.4, 0.5) is 14.6 Å².